The van der Waals surface area contributed by atoms with Crippen LogP contribution >= 0.6 is 15.9 Å². The number of alkyl halides is 1. The van der Waals surface area contributed by atoms with Crippen LogP contribution in [-0.2, 0) is 4.74 Å². The number of halogens is 1. The second kappa shape index (κ2) is 12.9. The molecule has 6 fully saturated rings. The Morgan fingerprint density at radius 1 is 0.974 bits per heavy atom. The third-order valence-corrected chi connectivity index (χ3v) is 12.8. The first-order chi connectivity index (χ1) is 18.4. The van der Waals surface area contributed by atoms with E-state index in [0.717, 1.165) is 68.2 Å². The molecule has 2 saturated heterocycles. The summed E-state index contributed by atoms with van der Waals surface area (Å²) in [6.45, 7) is 17.0. The van der Waals surface area contributed by atoms with Crippen LogP contribution in [0.1, 0.15) is 78.1 Å². The van der Waals surface area contributed by atoms with Gasteiger partial charge in [-0.1, -0.05) is 36.4 Å². The molecule has 0 aromatic heterocycles. The van der Waals surface area contributed by atoms with Gasteiger partial charge in [0.15, 0.2) is 0 Å². The molecule has 9 atom stereocenters. The molecular weight excluding hydrogens is 540 g/mol. The molecule has 0 aromatic carbocycles. The summed E-state index contributed by atoms with van der Waals surface area (Å²) < 4.78 is 6.81. The van der Waals surface area contributed by atoms with Crippen molar-refractivity contribution >= 4 is 15.9 Å². The third-order valence-electron chi connectivity index (χ3n) is 12.8. The van der Waals surface area contributed by atoms with E-state index in [0.29, 0.717) is 17.4 Å². The fourth-order valence-electron chi connectivity index (χ4n) is 11.0. The monoisotopic (exact) mass is 597 g/mol. The van der Waals surface area contributed by atoms with E-state index in [4.69, 9.17) is 9.84 Å². The van der Waals surface area contributed by atoms with Crippen molar-refractivity contribution in [3.63, 3.8) is 0 Å². The third kappa shape index (κ3) is 5.22. The van der Waals surface area contributed by atoms with Crippen molar-refractivity contribution in [2.45, 2.75) is 96.2 Å². The maximum atomic E-state index is 11.9. The van der Waals surface area contributed by atoms with Crippen LogP contribution in [0, 0.1) is 34.5 Å². The molecule has 220 valence electrons. The number of fused-ring (bicyclic) bond motifs is 5. The number of nitrogens with zero attached hydrogens (tertiary/aromatic N) is 2. The Balaban J connectivity index is 0.000000804. The Hall–Kier alpha value is 0.0200. The van der Waals surface area contributed by atoms with Gasteiger partial charge in [0, 0.05) is 50.9 Å². The van der Waals surface area contributed by atoms with Crippen LogP contribution in [0.2, 0.25) is 0 Å². The largest absolute Gasteiger partial charge is 0.400 e. The number of rotatable bonds is 4. The summed E-state index contributed by atoms with van der Waals surface area (Å²) in [6.07, 6.45) is 15.6. The second-order valence-corrected chi connectivity index (χ2v) is 13.9. The first kappa shape index (κ1) is 31.0. The minimum absolute atomic E-state index is 0.127. The molecular formula is C32H58BrN2O3+. The van der Waals surface area contributed by atoms with Gasteiger partial charge in [-0.25, -0.2) is 0 Å². The van der Waals surface area contributed by atoms with E-state index >= 15 is 0 Å². The summed E-state index contributed by atoms with van der Waals surface area (Å²) >= 11 is 2.94. The minimum atomic E-state index is -0.130. The molecule has 6 heteroatoms. The first-order valence-electron chi connectivity index (χ1n) is 15.7. The molecule has 6 aliphatic rings. The van der Waals surface area contributed by atoms with Gasteiger partial charge >= 0.3 is 0 Å². The van der Waals surface area contributed by atoms with Gasteiger partial charge in [-0.15, -0.1) is 0 Å². The van der Waals surface area contributed by atoms with Crippen molar-refractivity contribution in [3.8, 4) is 0 Å². The summed E-state index contributed by atoms with van der Waals surface area (Å²) in [7, 11) is 1.00. The average Bonchev–Trinajstić information content (AvgIpc) is 3.54. The molecule has 9 unspecified atom stereocenters. The van der Waals surface area contributed by atoms with E-state index in [-0.39, 0.29) is 11.5 Å². The van der Waals surface area contributed by atoms with E-state index in [2.05, 4.69) is 47.3 Å². The van der Waals surface area contributed by atoms with Gasteiger partial charge in [0.1, 0.15) is 12.1 Å². The Morgan fingerprint density at radius 3 is 2.29 bits per heavy atom. The molecule has 2 aliphatic heterocycles. The van der Waals surface area contributed by atoms with Crippen molar-refractivity contribution < 1.29 is 19.4 Å². The second-order valence-electron chi connectivity index (χ2n) is 13.9. The zero-order valence-electron chi connectivity index (χ0n) is 24.9. The first-order valence-corrected chi connectivity index (χ1v) is 17.3. The van der Waals surface area contributed by atoms with E-state index < -0.39 is 0 Å². The Labute approximate surface area is 242 Å². The highest BCUT2D eigenvalue weighted by molar-refractivity contribution is 9.08. The van der Waals surface area contributed by atoms with Crippen molar-refractivity contribution in [1.82, 2.24) is 4.90 Å². The molecule has 0 aromatic rings. The number of ether oxygens (including phenoxy) is 1. The molecule has 0 amide bonds. The predicted molar refractivity (Wildman–Crippen MR) is 160 cm³/mol. The number of hydrogen-bond donors (Lipinski definition) is 2. The van der Waals surface area contributed by atoms with Crippen molar-refractivity contribution in [3.05, 3.63) is 12.7 Å². The molecule has 4 saturated carbocycles. The summed E-state index contributed by atoms with van der Waals surface area (Å²) in [5.41, 5.74) is 0.623. The van der Waals surface area contributed by atoms with E-state index in [9.17, 15) is 5.11 Å². The lowest BCUT2D eigenvalue weighted by molar-refractivity contribution is -0.938. The Kier molecular flexibility index (Phi) is 10.5. The lowest BCUT2D eigenvalue weighted by Gasteiger charge is -2.61. The van der Waals surface area contributed by atoms with Crippen LogP contribution in [0.5, 0.6) is 0 Å². The van der Waals surface area contributed by atoms with Gasteiger partial charge in [-0.05, 0) is 85.9 Å². The van der Waals surface area contributed by atoms with Crippen LogP contribution in [-0.4, -0.2) is 96.7 Å². The Bertz CT molecular complexity index is 770. The quantitative estimate of drug-likeness (QED) is 0.256. The highest BCUT2D eigenvalue weighted by Gasteiger charge is 2.65. The van der Waals surface area contributed by atoms with Gasteiger partial charge in [-0.3, -0.25) is 4.90 Å². The number of aliphatic hydroxyl groups is 2. The molecule has 4 aliphatic carbocycles. The fourth-order valence-corrected chi connectivity index (χ4v) is 11.0. The van der Waals surface area contributed by atoms with Crippen LogP contribution in [0.25, 0.3) is 0 Å². The summed E-state index contributed by atoms with van der Waals surface area (Å²) in [5, 5.41) is 18.9. The van der Waals surface area contributed by atoms with Gasteiger partial charge in [0.2, 0.25) is 0 Å². The number of hydrogen-bond acceptors (Lipinski definition) is 4. The number of quaternary nitrogens is 1. The van der Waals surface area contributed by atoms with E-state index in [1.54, 1.807) is 0 Å². The Morgan fingerprint density at radius 2 is 1.63 bits per heavy atom. The van der Waals surface area contributed by atoms with Gasteiger partial charge in [0.25, 0.3) is 0 Å². The van der Waals surface area contributed by atoms with Crippen LogP contribution in [0.3, 0.4) is 0 Å². The molecule has 2 N–H and O–H groups in total. The molecule has 0 bridgehead atoms. The maximum Gasteiger partial charge on any atom is 0.116 e. The van der Waals surface area contributed by atoms with Crippen LogP contribution in [0.15, 0.2) is 12.7 Å². The topological polar surface area (TPSA) is 52.9 Å². The predicted octanol–water partition coefficient (Wildman–Crippen LogP) is 5.49. The van der Waals surface area contributed by atoms with Crippen LogP contribution in [0.4, 0.5) is 0 Å². The summed E-state index contributed by atoms with van der Waals surface area (Å²) in [4.78, 5) is 2.77. The standard InChI is InChI=1S/C30H51N2O2.CH3Br.CH4O/c1-4-15-32(16-5-6-17-32)27-20-26-24-10-8-22-7-9-23(31-13-18-34-19-14-31)21-30(22,3)25(24)11-12-29(26,2)28(27)33;2*1-2/h4,22-28,33H,1,5-21H2,2-3H3;1H3;2H,1H3/q+1;;. The molecule has 0 radical (unpaired) electrons. The average molecular weight is 599 g/mol. The van der Waals surface area contributed by atoms with Crippen molar-refractivity contribution in [2.24, 2.45) is 34.5 Å². The molecule has 0 spiro atoms. The van der Waals surface area contributed by atoms with E-state index in [1.165, 1.54) is 77.3 Å². The lowest BCUT2D eigenvalue weighted by Crippen LogP contribution is -2.59. The van der Waals surface area contributed by atoms with E-state index in [1.807, 2.05) is 5.83 Å². The smallest absolute Gasteiger partial charge is 0.116 e. The summed E-state index contributed by atoms with van der Waals surface area (Å²) in [6, 6.07) is 1.21. The van der Waals surface area contributed by atoms with Crippen LogP contribution < -0.4 is 0 Å². The highest BCUT2D eigenvalue weighted by Crippen LogP contribution is 2.67. The van der Waals surface area contributed by atoms with Crippen molar-refractivity contribution in [2.75, 3.05) is 58.9 Å². The lowest BCUT2D eigenvalue weighted by atomic mass is 9.45. The van der Waals surface area contributed by atoms with Gasteiger partial charge < -0.3 is 19.4 Å². The van der Waals surface area contributed by atoms with Gasteiger partial charge in [0.05, 0.1) is 32.8 Å². The SMILES string of the molecule is C=CC[N+]1(C2CC3C4CCC5CCC(N6CCOCC6)CC5(C)C4CCC3(C)C2O)CCCC1.CBr.CO. The number of morpholine rings is 1. The maximum absolute atomic E-state index is 11.9. The minimum Gasteiger partial charge on any atom is -0.400 e. The highest BCUT2D eigenvalue weighted by atomic mass is 79.9. The number of likely N-dealkylation sites (tertiary alicyclic amines) is 1. The van der Waals surface area contributed by atoms with Gasteiger partial charge in [-0.2, -0.15) is 0 Å². The normalized spacial score (nSPS) is 45.8. The molecule has 38 heavy (non-hydrogen) atoms. The zero-order chi connectivity index (χ0) is 27.6. The zero-order valence-corrected chi connectivity index (χ0v) is 26.5. The van der Waals surface area contributed by atoms with Crippen molar-refractivity contribution in [1.29, 1.82) is 0 Å². The molecule has 5 nitrogen and oxygen atoms in total. The fraction of sp³-hybridized carbons (Fsp3) is 0.938. The number of aliphatic hydroxyl groups excluding tert-OH is 2. The summed E-state index contributed by atoms with van der Waals surface area (Å²) in [5.74, 6) is 5.15. The molecule has 6 rings (SSSR count). The molecule has 2 heterocycles.